The smallest absolute Gasteiger partial charge is 0.253 e. The maximum absolute atomic E-state index is 12.2. The van der Waals surface area contributed by atoms with E-state index in [4.69, 9.17) is 11.6 Å². The van der Waals surface area contributed by atoms with Crippen molar-refractivity contribution in [2.24, 2.45) is 0 Å². The summed E-state index contributed by atoms with van der Waals surface area (Å²) in [5.74, 6) is 0.0207. The van der Waals surface area contributed by atoms with Gasteiger partial charge in [0.25, 0.3) is 5.91 Å². The van der Waals surface area contributed by atoms with Crippen LogP contribution in [0.1, 0.15) is 33.7 Å². The number of aromatic nitrogens is 2. The number of hydrogen-bond acceptors (Lipinski definition) is 2. The first-order valence-corrected chi connectivity index (χ1v) is 7.38. The van der Waals surface area contributed by atoms with Crippen molar-refractivity contribution in [2.75, 3.05) is 13.6 Å². The molecule has 4 nitrogen and oxygen atoms in total. The number of carbonyl (C=O) groups is 1. The SMILES string of the molecule is Cc1n[nH]c(C)c1CCCN(C)C(=O)c1ccc(Cl)cc1. The number of nitrogens with zero attached hydrogens (tertiary/aromatic N) is 2. The van der Waals surface area contributed by atoms with Gasteiger partial charge in [0, 0.05) is 29.9 Å². The van der Waals surface area contributed by atoms with Crippen LogP contribution in [-0.2, 0) is 6.42 Å². The van der Waals surface area contributed by atoms with E-state index in [0.717, 1.165) is 24.2 Å². The van der Waals surface area contributed by atoms with Gasteiger partial charge in [-0.15, -0.1) is 0 Å². The molecule has 1 N–H and O–H groups in total. The van der Waals surface area contributed by atoms with E-state index in [0.29, 0.717) is 17.1 Å². The van der Waals surface area contributed by atoms with E-state index >= 15 is 0 Å². The number of carbonyl (C=O) groups excluding carboxylic acids is 1. The first kappa shape index (κ1) is 15.6. The Morgan fingerprint density at radius 3 is 2.52 bits per heavy atom. The zero-order valence-corrected chi connectivity index (χ0v) is 13.4. The van der Waals surface area contributed by atoms with E-state index in [1.807, 2.05) is 20.9 Å². The van der Waals surface area contributed by atoms with Crippen LogP contribution in [0.4, 0.5) is 0 Å². The molecule has 0 aliphatic heterocycles. The van der Waals surface area contributed by atoms with Gasteiger partial charge in [-0.25, -0.2) is 0 Å². The van der Waals surface area contributed by atoms with Gasteiger partial charge in [0.15, 0.2) is 0 Å². The molecule has 0 saturated heterocycles. The Kier molecular flexibility index (Phi) is 5.02. The molecule has 5 heteroatoms. The summed E-state index contributed by atoms with van der Waals surface area (Å²) in [5.41, 5.74) is 4.07. The number of hydrogen-bond donors (Lipinski definition) is 1. The summed E-state index contributed by atoms with van der Waals surface area (Å²) in [5, 5.41) is 7.81. The molecular formula is C16H20ClN3O. The molecule has 0 unspecified atom stereocenters. The second kappa shape index (κ2) is 6.76. The molecule has 1 amide bonds. The van der Waals surface area contributed by atoms with Crippen molar-refractivity contribution in [1.29, 1.82) is 0 Å². The predicted molar refractivity (Wildman–Crippen MR) is 84.8 cm³/mol. The Balaban J connectivity index is 1.88. The molecule has 0 bridgehead atoms. The van der Waals surface area contributed by atoms with Gasteiger partial charge in [-0.1, -0.05) is 11.6 Å². The number of benzene rings is 1. The second-order valence-electron chi connectivity index (χ2n) is 5.25. The lowest BCUT2D eigenvalue weighted by molar-refractivity contribution is 0.0793. The van der Waals surface area contributed by atoms with E-state index < -0.39 is 0 Å². The van der Waals surface area contributed by atoms with Crippen LogP contribution in [-0.4, -0.2) is 34.6 Å². The fraction of sp³-hybridized carbons (Fsp3) is 0.375. The molecule has 0 fully saturated rings. The summed E-state index contributed by atoms with van der Waals surface area (Å²) in [7, 11) is 1.83. The lowest BCUT2D eigenvalue weighted by Crippen LogP contribution is -2.28. The molecule has 0 spiro atoms. The molecule has 21 heavy (non-hydrogen) atoms. The predicted octanol–water partition coefficient (Wildman–Crippen LogP) is 3.38. The summed E-state index contributed by atoms with van der Waals surface area (Å²) in [6.07, 6.45) is 1.84. The maximum Gasteiger partial charge on any atom is 0.253 e. The van der Waals surface area contributed by atoms with Crippen molar-refractivity contribution >= 4 is 17.5 Å². The number of amides is 1. The monoisotopic (exact) mass is 305 g/mol. The van der Waals surface area contributed by atoms with Crippen molar-refractivity contribution in [1.82, 2.24) is 15.1 Å². The second-order valence-corrected chi connectivity index (χ2v) is 5.69. The lowest BCUT2D eigenvalue weighted by Gasteiger charge is -2.17. The van der Waals surface area contributed by atoms with Crippen LogP contribution in [0.2, 0.25) is 5.02 Å². The Hall–Kier alpha value is -1.81. The first-order chi connectivity index (χ1) is 9.99. The maximum atomic E-state index is 12.2. The summed E-state index contributed by atoms with van der Waals surface area (Å²) in [6, 6.07) is 6.98. The number of aromatic amines is 1. The van der Waals surface area contributed by atoms with Crippen LogP contribution in [0.3, 0.4) is 0 Å². The van der Waals surface area contributed by atoms with Gasteiger partial charge >= 0.3 is 0 Å². The van der Waals surface area contributed by atoms with E-state index in [2.05, 4.69) is 10.2 Å². The van der Waals surface area contributed by atoms with Gasteiger partial charge in [0.2, 0.25) is 0 Å². The standard InChI is InChI=1S/C16H20ClN3O/c1-11-15(12(2)19-18-11)5-4-10-20(3)16(21)13-6-8-14(17)9-7-13/h6-9H,4-5,10H2,1-3H3,(H,18,19). The Morgan fingerprint density at radius 1 is 1.29 bits per heavy atom. The van der Waals surface area contributed by atoms with Crippen LogP contribution in [0.15, 0.2) is 24.3 Å². The molecule has 2 aromatic rings. The molecule has 1 aromatic carbocycles. The minimum atomic E-state index is 0.0207. The van der Waals surface area contributed by atoms with E-state index in [9.17, 15) is 4.79 Å². The number of halogens is 1. The molecule has 0 atom stereocenters. The minimum Gasteiger partial charge on any atom is -0.342 e. The molecule has 2 rings (SSSR count). The Bertz CT molecular complexity index is 599. The minimum absolute atomic E-state index is 0.0207. The van der Waals surface area contributed by atoms with Crippen LogP contribution in [0.5, 0.6) is 0 Å². The van der Waals surface area contributed by atoms with Gasteiger partial charge in [-0.05, 0) is 56.5 Å². The summed E-state index contributed by atoms with van der Waals surface area (Å²) >= 11 is 5.83. The van der Waals surface area contributed by atoms with E-state index in [1.54, 1.807) is 29.2 Å². The molecule has 0 aliphatic carbocycles. The highest BCUT2D eigenvalue weighted by Crippen LogP contribution is 2.14. The Labute approximate surface area is 130 Å². The zero-order chi connectivity index (χ0) is 15.4. The summed E-state index contributed by atoms with van der Waals surface area (Å²) in [6.45, 7) is 4.74. The Morgan fingerprint density at radius 2 is 1.95 bits per heavy atom. The number of aryl methyl sites for hydroxylation is 2. The zero-order valence-electron chi connectivity index (χ0n) is 12.6. The topological polar surface area (TPSA) is 49.0 Å². The van der Waals surface area contributed by atoms with Gasteiger partial charge in [-0.3, -0.25) is 9.89 Å². The summed E-state index contributed by atoms with van der Waals surface area (Å²) < 4.78 is 0. The van der Waals surface area contributed by atoms with Gasteiger partial charge in [0.05, 0.1) is 5.69 Å². The highest BCUT2D eigenvalue weighted by molar-refractivity contribution is 6.30. The summed E-state index contributed by atoms with van der Waals surface area (Å²) in [4.78, 5) is 14.0. The molecule has 1 heterocycles. The average Bonchev–Trinajstić information content (AvgIpc) is 2.79. The molecule has 0 radical (unpaired) electrons. The highest BCUT2D eigenvalue weighted by Gasteiger charge is 2.12. The van der Waals surface area contributed by atoms with Crippen LogP contribution in [0.25, 0.3) is 0 Å². The fourth-order valence-electron chi connectivity index (χ4n) is 2.35. The molecule has 0 saturated carbocycles. The normalized spacial score (nSPS) is 10.7. The third kappa shape index (κ3) is 3.85. The van der Waals surface area contributed by atoms with Gasteiger partial charge in [-0.2, -0.15) is 5.10 Å². The van der Waals surface area contributed by atoms with Gasteiger partial charge in [0.1, 0.15) is 0 Å². The van der Waals surface area contributed by atoms with Crippen molar-refractivity contribution in [3.8, 4) is 0 Å². The van der Waals surface area contributed by atoms with Crippen molar-refractivity contribution in [3.05, 3.63) is 51.8 Å². The average molecular weight is 306 g/mol. The lowest BCUT2D eigenvalue weighted by atomic mass is 10.1. The molecular weight excluding hydrogens is 286 g/mol. The van der Waals surface area contributed by atoms with Gasteiger partial charge < -0.3 is 4.90 Å². The van der Waals surface area contributed by atoms with E-state index in [1.165, 1.54) is 5.56 Å². The largest absolute Gasteiger partial charge is 0.342 e. The van der Waals surface area contributed by atoms with Crippen LogP contribution in [0, 0.1) is 13.8 Å². The number of nitrogens with one attached hydrogen (secondary N) is 1. The van der Waals surface area contributed by atoms with E-state index in [-0.39, 0.29) is 5.91 Å². The quantitative estimate of drug-likeness (QED) is 0.920. The van der Waals surface area contributed by atoms with Crippen LogP contribution < -0.4 is 0 Å². The highest BCUT2D eigenvalue weighted by atomic mass is 35.5. The molecule has 1 aromatic heterocycles. The third-order valence-electron chi connectivity index (χ3n) is 3.64. The fourth-order valence-corrected chi connectivity index (χ4v) is 2.48. The molecule has 0 aliphatic rings. The first-order valence-electron chi connectivity index (χ1n) is 7.00. The number of rotatable bonds is 5. The van der Waals surface area contributed by atoms with Crippen LogP contribution >= 0.6 is 11.6 Å². The van der Waals surface area contributed by atoms with Crippen molar-refractivity contribution < 1.29 is 4.79 Å². The van der Waals surface area contributed by atoms with Crippen molar-refractivity contribution in [2.45, 2.75) is 26.7 Å². The molecule has 112 valence electrons. The third-order valence-corrected chi connectivity index (χ3v) is 3.89. The number of H-pyrrole nitrogens is 1. The van der Waals surface area contributed by atoms with Crippen molar-refractivity contribution in [3.63, 3.8) is 0 Å².